The van der Waals surface area contributed by atoms with Gasteiger partial charge in [-0.2, -0.15) is 0 Å². The molecule has 0 aliphatic carbocycles. The number of carbonyl (C=O) groups excluding carboxylic acids is 2. The molecule has 172 valence electrons. The van der Waals surface area contributed by atoms with E-state index in [-0.39, 0.29) is 11.3 Å². The second kappa shape index (κ2) is 9.02. The van der Waals surface area contributed by atoms with E-state index >= 15 is 0 Å². The maximum absolute atomic E-state index is 13.5. The molecule has 5 rings (SSSR count). The molecule has 0 aromatic heterocycles. The Morgan fingerprint density at radius 3 is 2.15 bits per heavy atom. The molecule has 3 aromatic rings. The molecule has 2 amide bonds. The van der Waals surface area contributed by atoms with Gasteiger partial charge in [-0.1, -0.05) is 18.2 Å². The molecule has 0 atom stereocenters. The van der Waals surface area contributed by atoms with Gasteiger partial charge in [0.2, 0.25) is 0 Å². The topological polar surface area (TPSA) is 61.9 Å². The van der Waals surface area contributed by atoms with E-state index in [0.29, 0.717) is 22.7 Å². The molecule has 0 bridgehead atoms. The summed E-state index contributed by atoms with van der Waals surface area (Å²) in [6, 6.07) is 20.2. The van der Waals surface area contributed by atoms with Crippen LogP contribution in [0.2, 0.25) is 0 Å². The van der Waals surface area contributed by atoms with Crippen LogP contribution in [0.1, 0.15) is 18.4 Å². The van der Waals surface area contributed by atoms with Crippen LogP contribution in [-0.4, -0.2) is 32.0 Å². The highest BCUT2D eigenvalue weighted by Gasteiger charge is 2.41. The number of ether oxygens (including phenoxy) is 1. The lowest BCUT2D eigenvalue weighted by Crippen LogP contribution is -2.32. The average molecular weight is 458 g/mol. The molecule has 0 saturated carbocycles. The van der Waals surface area contributed by atoms with E-state index in [1.54, 1.807) is 24.3 Å². The number of amides is 2. The molecule has 1 saturated heterocycles. The number of nitrogens with one attached hydrogen (secondary N) is 1. The Balaban J connectivity index is 1.55. The Morgan fingerprint density at radius 1 is 0.824 bits per heavy atom. The van der Waals surface area contributed by atoms with Gasteiger partial charge in [-0.15, -0.1) is 0 Å². The smallest absolute Gasteiger partial charge is 0.282 e. The van der Waals surface area contributed by atoms with Crippen LogP contribution in [0.15, 0.2) is 78.5 Å². The van der Waals surface area contributed by atoms with E-state index in [1.165, 1.54) is 44.2 Å². The number of imide groups is 1. The number of halogens is 1. The van der Waals surface area contributed by atoms with Gasteiger partial charge in [0.15, 0.2) is 0 Å². The molecular weight excluding hydrogens is 433 g/mol. The highest BCUT2D eigenvalue weighted by atomic mass is 19.1. The van der Waals surface area contributed by atoms with Gasteiger partial charge in [-0.3, -0.25) is 9.59 Å². The lowest BCUT2D eigenvalue weighted by Gasteiger charge is -2.18. The highest BCUT2D eigenvalue weighted by Crippen LogP contribution is 2.37. The summed E-state index contributed by atoms with van der Waals surface area (Å²) in [5.41, 5.74) is 2.97. The zero-order chi connectivity index (χ0) is 23.7. The monoisotopic (exact) mass is 457 g/mol. The third-order valence-corrected chi connectivity index (χ3v) is 6.15. The first-order valence-corrected chi connectivity index (χ1v) is 11.2. The number of para-hydroxylation sites is 1. The molecule has 2 heterocycles. The summed E-state index contributed by atoms with van der Waals surface area (Å²) in [4.78, 5) is 30.4. The quantitative estimate of drug-likeness (QED) is 0.537. The van der Waals surface area contributed by atoms with Gasteiger partial charge >= 0.3 is 0 Å². The number of hydrogen-bond acceptors (Lipinski definition) is 5. The number of carbonyl (C=O) groups is 2. The van der Waals surface area contributed by atoms with E-state index in [1.807, 2.05) is 24.3 Å². The largest absolute Gasteiger partial charge is 0.496 e. The second-order valence-corrected chi connectivity index (χ2v) is 8.24. The van der Waals surface area contributed by atoms with Gasteiger partial charge in [0.05, 0.1) is 18.4 Å². The summed E-state index contributed by atoms with van der Waals surface area (Å²) >= 11 is 0. The summed E-state index contributed by atoms with van der Waals surface area (Å²) in [5.74, 6) is -0.987. The minimum absolute atomic E-state index is 0.146. The Morgan fingerprint density at radius 2 is 1.47 bits per heavy atom. The number of anilines is 3. The van der Waals surface area contributed by atoms with Gasteiger partial charge < -0.3 is 15.0 Å². The van der Waals surface area contributed by atoms with E-state index < -0.39 is 17.6 Å². The minimum atomic E-state index is -0.513. The number of hydrogen-bond donors (Lipinski definition) is 1. The third-order valence-electron chi connectivity index (χ3n) is 6.15. The van der Waals surface area contributed by atoms with Crippen LogP contribution in [-0.2, 0) is 9.59 Å². The van der Waals surface area contributed by atoms with E-state index in [9.17, 15) is 14.0 Å². The first kappa shape index (κ1) is 21.7. The maximum atomic E-state index is 13.5. The van der Waals surface area contributed by atoms with Gasteiger partial charge in [-0.05, 0) is 67.4 Å². The minimum Gasteiger partial charge on any atom is -0.496 e. The fourth-order valence-electron chi connectivity index (χ4n) is 4.45. The van der Waals surface area contributed by atoms with Crippen LogP contribution in [0.25, 0.3) is 5.57 Å². The van der Waals surface area contributed by atoms with Crippen molar-refractivity contribution in [1.82, 2.24) is 0 Å². The SMILES string of the molecule is COc1ccccc1C1=C(Nc2ccc(N3CCCC3)cc2)C(=O)N(c2ccc(F)cc2)C1=O. The van der Waals surface area contributed by atoms with Gasteiger partial charge in [-0.25, -0.2) is 9.29 Å². The predicted octanol–water partition coefficient (Wildman–Crippen LogP) is 4.83. The van der Waals surface area contributed by atoms with Crippen LogP contribution in [0.5, 0.6) is 5.75 Å². The van der Waals surface area contributed by atoms with E-state index in [2.05, 4.69) is 10.2 Å². The summed E-state index contributed by atoms with van der Waals surface area (Å²) in [6.45, 7) is 2.07. The molecule has 1 fully saturated rings. The van der Waals surface area contributed by atoms with Crippen molar-refractivity contribution in [2.24, 2.45) is 0 Å². The molecule has 6 nitrogen and oxygen atoms in total. The molecule has 1 N–H and O–H groups in total. The molecule has 34 heavy (non-hydrogen) atoms. The molecule has 7 heteroatoms. The molecular formula is C27H24FN3O3. The molecule has 2 aliphatic heterocycles. The fraction of sp³-hybridized carbons (Fsp3) is 0.185. The Labute approximate surface area is 197 Å². The predicted molar refractivity (Wildman–Crippen MR) is 130 cm³/mol. The lowest BCUT2D eigenvalue weighted by molar-refractivity contribution is -0.120. The first-order chi connectivity index (χ1) is 16.6. The fourth-order valence-corrected chi connectivity index (χ4v) is 4.45. The second-order valence-electron chi connectivity index (χ2n) is 8.24. The van der Waals surface area contributed by atoms with Crippen molar-refractivity contribution < 1.29 is 18.7 Å². The third kappa shape index (κ3) is 3.90. The van der Waals surface area contributed by atoms with Crippen molar-refractivity contribution in [3.8, 4) is 5.75 Å². The van der Waals surface area contributed by atoms with Crippen molar-refractivity contribution in [3.63, 3.8) is 0 Å². The van der Waals surface area contributed by atoms with Crippen LogP contribution in [0.3, 0.4) is 0 Å². The molecule has 0 unspecified atom stereocenters. The lowest BCUT2D eigenvalue weighted by atomic mass is 10.0. The van der Waals surface area contributed by atoms with Gasteiger partial charge in [0, 0.05) is 30.0 Å². The normalized spacial score (nSPS) is 15.9. The maximum Gasteiger partial charge on any atom is 0.282 e. The van der Waals surface area contributed by atoms with Gasteiger partial charge in [0.25, 0.3) is 11.8 Å². The van der Waals surface area contributed by atoms with Crippen molar-refractivity contribution in [2.75, 3.05) is 35.3 Å². The van der Waals surface area contributed by atoms with Crippen LogP contribution in [0, 0.1) is 5.82 Å². The van der Waals surface area contributed by atoms with Crippen molar-refractivity contribution in [1.29, 1.82) is 0 Å². The van der Waals surface area contributed by atoms with Crippen LogP contribution < -0.4 is 19.9 Å². The zero-order valence-corrected chi connectivity index (χ0v) is 18.8. The summed E-state index contributed by atoms with van der Waals surface area (Å²) in [6.07, 6.45) is 2.37. The molecule has 3 aromatic carbocycles. The van der Waals surface area contributed by atoms with Crippen molar-refractivity contribution in [2.45, 2.75) is 12.8 Å². The van der Waals surface area contributed by atoms with Crippen LogP contribution in [0.4, 0.5) is 21.5 Å². The molecule has 2 aliphatic rings. The van der Waals surface area contributed by atoms with E-state index in [4.69, 9.17) is 4.74 Å². The summed E-state index contributed by atoms with van der Waals surface area (Å²) in [5, 5.41) is 3.17. The number of benzene rings is 3. The highest BCUT2D eigenvalue weighted by molar-refractivity contribution is 6.46. The zero-order valence-electron chi connectivity index (χ0n) is 18.8. The summed E-state index contributed by atoms with van der Waals surface area (Å²) < 4.78 is 19.0. The number of rotatable bonds is 6. The number of methoxy groups -OCH3 is 1. The van der Waals surface area contributed by atoms with Crippen LogP contribution >= 0.6 is 0 Å². The van der Waals surface area contributed by atoms with Crippen molar-refractivity contribution in [3.05, 3.63) is 89.9 Å². The first-order valence-electron chi connectivity index (χ1n) is 11.2. The Bertz CT molecular complexity index is 1260. The molecule has 0 radical (unpaired) electrons. The average Bonchev–Trinajstić information content (AvgIpc) is 3.48. The van der Waals surface area contributed by atoms with Gasteiger partial charge in [0.1, 0.15) is 17.3 Å². The summed E-state index contributed by atoms with van der Waals surface area (Å²) in [7, 11) is 1.52. The number of nitrogens with zero attached hydrogens (tertiary/aromatic N) is 2. The Hall–Kier alpha value is -4.13. The molecule has 0 spiro atoms. The van der Waals surface area contributed by atoms with E-state index in [0.717, 1.165) is 23.7 Å². The standard InChI is InChI=1S/C27H24FN3O3/c1-34-23-7-3-2-6-22(23)24-25(27(33)31(26(24)32)21-12-8-18(28)9-13-21)29-19-10-14-20(15-11-19)30-16-4-5-17-30/h2-3,6-15,29H,4-5,16-17H2,1H3. The van der Waals surface area contributed by atoms with Crippen molar-refractivity contribution >= 4 is 34.4 Å². The Kier molecular flexibility index (Phi) is 5.76.